The summed E-state index contributed by atoms with van der Waals surface area (Å²) in [5, 5.41) is 23.1. The fraction of sp³-hybridized carbons (Fsp3) is 0.222. The first kappa shape index (κ1) is 23.8. The molecule has 0 amide bonds. The van der Waals surface area contributed by atoms with Gasteiger partial charge in [-0.2, -0.15) is 0 Å². The molecule has 3 aromatic rings. The van der Waals surface area contributed by atoms with Crippen LogP contribution in [0.2, 0.25) is 0 Å². The molecular weight excluding hydrogens is 372 g/mol. The van der Waals surface area contributed by atoms with Gasteiger partial charge in [-0.15, -0.1) is 0 Å². The number of aryl methyl sites for hydroxylation is 2. The second-order valence-corrected chi connectivity index (χ2v) is 5.75. The Morgan fingerprint density at radius 1 is 1.07 bits per heavy atom. The second kappa shape index (κ2) is 9.32. The van der Waals surface area contributed by atoms with E-state index in [1.54, 1.807) is 6.92 Å². The summed E-state index contributed by atoms with van der Waals surface area (Å²) in [6.07, 6.45) is 1.08. The smallest absolute Gasteiger partial charge is 0.543 e. The minimum Gasteiger partial charge on any atom is -0.543 e. The van der Waals surface area contributed by atoms with Crippen LogP contribution < -0.4 is 74.8 Å². The van der Waals surface area contributed by atoms with Crippen molar-refractivity contribution in [3.8, 4) is 0 Å². The van der Waals surface area contributed by atoms with Crippen molar-refractivity contribution in [2.24, 2.45) is 0 Å². The first-order valence-corrected chi connectivity index (χ1v) is 7.67. The zero-order valence-electron chi connectivity index (χ0n) is 15.5. The fourth-order valence-electron chi connectivity index (χ4n) is 2.90. The first-order chi connectivity index (χ1) is 11.8. The molecule has 128 valence electrons. The van der Waals surface area contributed by atoms with E-state index in [0.29, 0.717) is 34.9 Å². The van der Waals surface area contributed by atoms with Crippen LogP contribution in [0.3, 0.4) is 0 Å². The van der Waals surface area contributed by atoms with E-state index in [0.717, 1.165) is 6.07 Å². The van der Waals surface area contributed by atoms with E-state index in [9.17, 15) is 24.6 Å². The molecule has 0 aliphatic heterocycles. The molecule has 0 atom stereocenters. The Labute approximate surface area is 198 Å². The summed E-state index contributed by atoms with van der Waals surface area (Å²) in [4.78, 5) is 38.7. The quantitative estimate of drug-likeness (QED) is 0.324. The third kappa shape index (κ3) is 4.45. The molecule has 2 aromatic heterocycles. The number of hydrogen-bond donors (Lipinski definition) is 0. The van der Waals surface area contributed by atoms with Gasteiger partial charge in [0.05, 0.1) is 22.6 Å². The van der Waals surface area contributed by atoms with Crippen LogP contribution in [0.15, 0.2) is 27.4 Å². The number of carboxylic acids is 2. The number of carbonyl (C=O) groups is 2. The molecule has 0 spiro atoms. The van der Waals surface area contributed by atoms with Gasteiger partial charge in [0.1, 0.15) is 11.6 Å². The Hall–Kier alpha value is -1.22. The van der Waals surface area contributed by atoms with Gasteiger partial charge in [0, 0.05) is 17.0 Å². The number of nitrogens with zero attached hydrogens (tertiary/aromatic N) is 1. The summed E-state index contributed by atoms with van der Waals surface area (Å²) in [5.74, 6) is -3.60. The van der Waals surface area contributed by atoms with Crippen molar-refractivity contribution in [2.45, 2.75) is 26.7 Å². The maximum Gasteiger partial charge on any atom is 1.00 e. The molecule has 9 heteroatoms. The van der Waals surface area contributed by atoms with E-state index in [4.69, 9.17) is 4.42 Å². The number of carboxylic acid groups (broad SMARTS) is 2. The first-order valence-electron chi connectivity index (χ1n) is 7.67. The van der Waals surface area contributed by atoms with Gasteiger partial charge in [-0.25, -0.2) is 4.98 Å². The van der Waals surface area contributed by atoms with Crippen LogP contribution in [0.25, 0.3) is 21.9 Å². The zero-order chi connectivity index (χ0) is 18.3. The third-order valence-electron chi connectivity index (χ3n) is 4.01. The second-order valence-electron chi connectivity index (χ2n) is 5.75. The number of aromatic carboxylic acids is 2. The van der Waals surface area contributed by atoms with E-state index >= 15 is 0 Å². The Morgan fingerprint density at radius 3 is 2.30 bits per heavy atom. The molecule has 2 heterocycles. The number of benzene rings is 1. The summed E-state index contributed by atoms with van der Waals surface area (Å²) in [6.45, 7) is 3.59. The fourth-order valence-corrected chi connectivity index (χ4v) is 2.90. The Balaban J connectivity index is 0.00000182. The van der Waals surface area contributed by atoms with Crippen LogP contribution in [0, 0.1) is 6.92 Å². The van der Waals surface area contributed by atoms with Crippen molar-refractivity contribution >= 4 is 33.8 Å². The predicted octanol–water partition coefficient (Wildman–Crippen LogP) is -5.66. The van der Waals surface area contributed by atoms with Crippen LogP contribution in [-0.4, -0.2) is 16.9 Å². The van der Waals surface area contributed by atoms with E-state index in [1.165, 1.54) is 12.1 Å². The minimum absolute atomic E-state index is 0. The summed E-state index contributed by atoms with van der Waals surface area (Å²) in [6, 6.07) is 3.78. The summed E-state index contributed by atoms with van der Waals surface area (Å²) in [7, 11) is 0. The largest absolute Gasteiger partial charge is 1.00 e. The average molecular weight is 385 g/mol. The minimum atomic E-state index is -1.60. The molecule has 0 aliphatic rings. The molecule has 3 rings (SSSR count). The van der Waals surface area contributed by atoms with Crippen LogP contribution in [0.1, 0.15) is 45.5 Å². The Morgan fingerprint density at radius 2 is 1.74 bits per heavy atom. The van der Waals surface area contributed by atoms with Crippen molar-refractivity contribution in [3.63, 3.8) is 0 Å². The van der Waals surface area contributed by atoms with E-state index in [1.807, 2.05) is 6.92 Å². The topological polar surface area (TPSA) is 123 Å². The van der Waals surface area contributed by atoms with Gasteiger partial charge in [0.15, 0.2) is 11.2 Å². The summed E-state index contributed by atoms with van der Waals surface area (Å²) >= 11 is 0. The molecule has 0 N–H and O–H groups in total. The van der Waals surface area contributed by atoms with Crippen molar-refractivity contribution in [1.29, 1.82) is 0 Å². The van der Waals surface area contributed by atoms with Gasteiger partial charge >= 0.3 is 59.1 Å². The molecule has 0 fully saturated rings. The molecule has 1 aromatic carbocycles. The molecule has 0 unspecified atom stereocenters. The molecule has 0 aliphatic carbocycles. The Kier molecular flexibility index (Phi) is 8.22. The summed E-state index contributed by atoms with van der Waals surface area (Å²) < 4.78 is 5.37. The molecule has 0 bridgehead atoms. The SMILES string of the molecule is CCCc1c2nc(C(=O)[O-])cc(C)c2cc2c(=O)cc(C(=O)[O-])oc12.[Na+].[Na+]. The van der Waals surface area contributed by atoms with E-state index in [-0.39, 0.29) is 75.8 Å². The maximum atomic E-state index is 12.3. The molecule has 7 nitrogen and oxygen atoms in total. The van der Waals surface area contributed by atoms with E-state index < -0.39 is 23.1 Å². The molecular formula is C18H13NNa2O6. The molecule has 0 radical (unpaired) electrons. The average Bonchev–Trinajstić information content (AvgIpc) is 2.55. The van der Waals surface area contributed by atoms with Crippen LogP contribution >= 0.6 is 0 Å². The molecule has 0 saturated carbocycles. The van der Waals surface area contributed by atoms with Gasteiger partial charge in [-0.3, -0.25) is 4.79 Å². The van der Waals surface area contributed by atoms with Gasteiger partial charge in [0.2, 0.25) is 0 Å². The summed E-state index contributed by atoms with van der Waals surface area (Å²) in [5.41, 5.74) is 0.798. The Bertz CT molecular complexity index is 1110. The number of pyridine rings is 1. The van der Waals surface area contributed by atoms with Gasteiger partial charge in [-0.1, -0.05) is 13.3 Å². The van der Waals surface area contributed by atoms with Crippen molar-refractivity contribution in [3.05, 3.63) is 51.0 Å². The predicted molar refractivity (Wildman–Crippen MR) is 85.2 cm³/mol. The van der Waals surface area contributed by atoms with Crippen molar-refractivity contribution in [1.82, 2.24) is 4.98 Å². The number of aromatic nitrogens is 1. The number of rotatable bonds is 4. The monoisotopic (exact) mass is 385 g/mol. The van der Waals surface area contributed by atoms with Gasteiger partial charge < -0.3 is 24.2 Å². The van der Waals surface area contributed by atoms with Gasteiger partial charge in [0.25, 0.3) is 0 Å². The van der Waals surface area contributed by atoms with Crippen LogP contribution in [-0.2, 0) is 6.42 Å². The normalized spacial score (nSPS) is 10.3. The third-order valence-corrected chi connectivity index (χ3v) is 4.01. The molecule has 0 saturated heterocycles. The number of fused-ring (bicyclic) bond motifs is 2. The molecule has 27 heavy (non-hydrogen) atoms. The van der Waals surface area contributed by atoms with E-state index in [2.05, 4.69) is 4.98 Å². The maximum absolute atomic E-state index is 12.3. The van der Waals surface area contributed by atoms with Crippen molar-refractivity contribution in [2.75, 3.05) is 0 Å². The number of carbonyl (C=O) groups excluding carboxylic acids is 2. The van der Waals surface area contributed by atoms with Gasteiger partial charge in [-0.05, 0) is 31.0 Å². The van der Waals surface area contributed by atoms with Crippen LogP contribution in [0.4, 0.5) is 0 Å². The van der Waals surface area contributed by atoms with Crippen LogP contribution in [0.5, 0.6) is 0 Å². The standard InChI is InChI=1S/C18H15NO6.2Na/c1-3-4-9-15-10(8(2)5-12(19-15)17(21)22)6-11-13(20)7-14(18(23)24)25-16(9)11;;/h5-7H,3-4H2,1-2H3,(H,21,22)(H,23,24);;/q;2*+1/p-2. The number of hydrogen-bond acceptors (Lipinski definition) is 7. The van der Waals surface area contributed by atoms with Crippen molar-refractivity contribution < 1.29 is 83.3 Å². The zero-order valence-corrected chi connectivity index (χ0v) is 19.5.